The van der Waals surface area contributed by atoms with E-state index in [1.807, 2.05) is 14.1 Å². The molecule has 0 aromatic carbocycles. The first-order valence-corrected chi connectivity index (χ1v) is 7.95. The lowest BCUT2D eigenvalue weighted by molar-refractivity contribution is -0.131. The second-order valence-corrected chi connectivity index (χ2v) is 6.40. The zero-order valence-electron chi connectivity index (χ0n) is 14.4. The van der Waals surface area contributed by atoms with Crippen molar-refractivity contribution in [3.05, 3.63) is 45.5 Å². The molecule has 3 heterocycles. The molecule has 2 aromatic rings. The average Bonchev–Trinajstić information content (AvgIpc) is 3.24. The Hall–Kier alpha value is -2.75. The maximum absolute atomic E-state index is 12.7. The molecular formula is C15H21N7O3. The molecule has 0 N–H and O–H groups in total. The molecule has 3 rings (SSSR count). The van der Waals surface area contributed by atoms with Crippen molar-refractivity contribution in [1.82, 2.24) is 33.9 Å². The molecule has 10 nitrogen and oxygen atoms in total. The Kier molecular flexibility index (Phi) is 4.53. The minimum Gasteiger partial charge on any atom is -0.337 e. The van der Waals surface area contributed by atoms with Crippen LogP contribution in [0.15, 0.2) is 34.2 Å². The number of amides is 1. The van der Waals surface area contributed by atoms with Crippen LogP contribution in [0, 0.1) is 0 Å². The molecule has 0 radical (unpaired) electrons. The molecule has 10 heteroatoms. The largest absolute Gasteiger partial charge is 0.337 e. The second kappa shape index (κ2) is 6.63. The lowest BCUT2D eigenvalue weighted by atomic mass is 10.1. The van der Waals surface area contributed by atoms with Crippen molar-refractivity contribution in [1.29, 1.82) is 0 Å². The standard InChI is InChI=1S/C15H21N7O3/c1-18(2)11-8-21(9-12(11)22-7-5-16-17-22)14(24)10-20-6-4-13(23)19(3)15(20)25/h4-7,11-12H,8-10H2,1-3H3/t11-,12+/m1/s1. The molecule has 1 amide bonds. The molecule has 2 aromatic heterocycles. The molecule has 1 aliphatic rings. The molecule has 1 fully saturated rings. The van der Waals surface area contributed by atoms with Crippen molar-refractivity contribution >= 4 is 5.91 Å². The van der Waals surface area contributed by atoms with Crippen molar-refractivity contribution < 1.29 is 4.79 Å². The zero-order chi connectivity index (χ0) is 18.1. The zero-order valence-corrected chi connectivity index (χ0v) is 14.4. The number of nitrogens with zero attached hydrogens (tertiary/aromatic N) is 7. The summed E-state index contributed by atoms with van der Waals surface area (Å²) in [5.41, 5.74) is -0.897. The van der Waals surface area contributed by atoms with Gasteiger partial charge >= 0.3 is 5.69 Å². The number of rotatable bonds is 4. The third-order valence-electron chi connectivity index (χ3n) is 4.62. The van der Waals surface area contributed by atoms with E-state index in [0.717, 1.165) is 4.57 Å². The van der Waals surface area contributed by atoms with Gasteiger partial charge in [-0.05, 0) is 14.1 Å². The molecule has 0 aliphatic carbocycles. The summed E-state index contributed by atoms with van der Waals surface area (Å²) in [6.07, 6.45) is 4.75. The van der Waals surface area contributed by atoms with Gasteiger partial charge in [0.05, 0.1) is 18.3 Å². The van der Waals surface area contributed by atoms with Crippen molar-refractivity contribution in [2.24, 2.45) is 7.05 Å². The predicted molar refractivity (Wildman–Crippen MR) is 89.1 cm³/mol. The SMILES string of the molecule is CN(C)[C@@H]1CN(C(=O)Cn2ccc(=O)n(C)c2=O)C[C@@H]1n1ccnn1. The third-order valence-corrected chi connectivity index (χ3v) is 4.62. The second-order valence-electron chi connectivity index (χ2n) is 6.40. The fourth-order valence-electron chi connectivity index (χ4n) is 3.12. The summed E-state index contributed by atoms with van der Waals surface area (Å²) >= 11 is 0. The van der Waals surface area contributed by atoms with Crippen LogP contribution in [0.4, 0.5) is 0 Å². The monoisotopic (exact) mass is 347 g/mol. The Labute approximate surface area is 143 Å². The van der Waals surface area contributed by atoms with Gasteiger partial charge in [0.1, 0.15) is 6.54 Å². The summed E-state index contributed by atoms with van der Waals surface area (Å²) in [5.74, 6) is -0.171. The van der Waals surface area contributed by atoms with Gasteiger partial charge in [-0.3, -0.25) is 18.7 Å². The first-order valence-electron chi connectivity index (χ1n) is 7.95. The van der Waals surface area contributed by atoms with E-state index in [0.29, 0.717) is 13.1 Å². The normalized spacial score (nSPS) is 20.4. The predicted octanol–water partition coefficient (Wildman–Crippen LogP) is -1.85. The highest BCUT2D eigenvalue weighted by Crippen LogP contribution is 2.24. The van der Waals surface area contributed by atoms with Gasteiger partial charge in [0.15, 0.2) is 0 Å². The maximum Gasteiger partial charge on any atom is 0.331 e. The van der Waals surface area contributed by atoms with E-state index < -0.39 is 11.2 Å². The van der Waals surface area contributed by atoms with Crippen LogP contribution < -0.4 is 11.2 Å². The van der Waals surface area contributed by atoms with E-state index >= 15 is 0 Å². The van der Waals surface area contributed by atoms with E-state index in [1.54, 1.807) is 22.0 Å². The topological polar surface area (TPSA) is 98.3 Å². The van der Waals surface area contributed by atoms with E-state index in [-0.39, 0.29) is 24.5 Å². The van der Waals surface area contributed by atoms with Crippen molar-refractivity contribution in [2.75, 3.05) is 27.2 Å². The lowest BCUT2D eigenvalue weighted by Crippen LogP contribution is -2.41. The molecule has 1 aliphatic heterocycles. The Morgan fingerprint density at radius 2 is 2.04 bits per heavy atom. The molecular weight excluding hydrogens is 326 g/mol. The van der Waals surface area contributed by atoms with Crippen LogP contribution in [-0.2, 0) is 18.4 Å². The molecule has 134 valence electrons. The van der Waals surface area contributed by atoms with Gasteiger partial charge in [-0.2, -0.15) is 0 Å². The minimum absolute atomic E-state index is 0.00157. The third kappa shape index (κ3) is 3.25. The van der Waals surface area contributed by atoms with E-state index in [2.05, 4.69) is 15.2 Å². The molecule has 1 saturated heterocycles. The first kappa shape index (κ1) is 17.1. The number of hydrogen-bond acceptors (Lipinski definition) is 6. The van der Waals surface area contributed by atoms with Crippen molar-refractivity contribution in [2.45, 2.75) is 18.6 Å². The number of aromatic nitrogens is 5. The summed E-state index contributed by atoms with van der Waals surface area (Å²) < 4.78 is 3.99. The van der Waals surface area contributed by atoms with Crippen LogP contribution in [0.1, 0.15) is 6.04 Å². The van der Waals surface area contributed by atoms with Gasteiger partial charge in [0, 0.05) is 38.6 Å². The Bertz CT molecular complexity index is 868. The van der Waals surface area contributed by atoms with Crippen molar-refractivity contribution in [3.63, 3.8) is 0 Å². The number of carbonyl (C=O) groups excluding carboxylic acids is 1. The highest BCUT2D eigenvalue weighted by atomic mass is 16.2. The average molecular weight is 347 g/mol. The van der Waals surface area contributed by atoms with Crippen LogP contribution in [0.3, 0.4) is 0 Å². The summed E-state index contributed by atoms with van der Waals surface area (Å²) in [6.45, 7) is 0.930. The Morgan fingerprint density at radius 3 is 2.68 bits per heavy atom. The van der Waals surface area contributed by atoms with Gasteiger partial charge in [0.2, 0.25) is 5.91 Å². The van der Waals surface area contributed by atoms with Gasteiger partial charge in [-0.15, -0.1) is 5.10 Å². The number of likely N-dealkylation sites (tertiary alicyclic amines) is 1. The van der Waals surface area contributed by atoms with Gasteiger partial charge < -0.3 is 9.80 Å². The summed E-state index contributed by atoms with van der Waals surface area (Å²) in [7, 11) is 5.31. The first-order chi connectivity index (χ1) is 11.9. The van der Waals surface area contributed by atoms with Gasteiger partial charge in [-0.1, -0.05) is 5.21 Å². The van der Waals surface area contributed by atoms with Crippen LogP contribution in [0.25, 0.3) is 0 Å². The lowest BCUT2D eigenvalue weighted by Gasteiger charge is -2.24. The Balaban J connectivity index is 1.78. The minimum atomic E-state index is -0.503. The van der Waals surface area contributed by atoms with Crippen LogP contribution >= 0.6 is 0 Å². The van der Waals surface area contributed by atoms with Gasteiger partial charge in [0.25, 0.3) is 5.56 Å². The quantitative estimate of drug-likeness (QED) is 0.644. The smallest absolute Gasteiger partial charge is 0.331 e. The van der Waals surface area contributed by atoms with E-state index in [4.69, 9.17) is 0 Å². The molecule has 0 bridgehead atoms. The van der Waals surface area contributed by atoms with Gasteiger partial charge in [-0.25, -0.2) is 9.48 Å². The van der Waals surface area contributed by atoms with Crippen molar-refractivity contribution in [3.8, 4) is 0 Å². The number of carbonyl (C=O) groups is 1. The molecule has 2 atom stereocenters. The summed E-state index contributed by atoms with van der Waals surface area (Å²) in [4.78, 5) is 40.0. The van der Waals surface area contributed by atoms with Crippen LogP contribution in [0.5, 0.6) is 0 Å². The molecule has 25 heavy (non-hydrogen) atoms. The van der Waals surface area contributed by atoms with E-state index in [9.17, 15) is 14.4 Å². The molecule has 0 saturated carbocycles. The maximum atomic E-state index is 12.7. The number of likely N-dealkylation sites (N-methyl/N-ethyl adjacent to an activating group) is 1. The Morgan fingerprint density at radius 1 is 1.28 bits per heavy atom. The van der Waals surface area contributed by atoms with E-state index in [1.165, 1.54) is 23.9 Å². The number of hydrogen-bond donors (Lipinski definition) is 0. The van der Waals surface area contributed by atoms with Crippen LogP contribution in [-0.4, -0.2) is 73.1 Å². The summed E-state index contributed by atoms with van der Waals surface area (Å²) in [6, 6.07) is 1.38. The highest BCUT2D eigenvalue weighted by Gasteiger charge is 2.38. The fraction of sp³-hybridized carbons (Fsp3) is 0.533. The molecule has 0 unspecified atom stereocenters. The molecule has 0 spiro atoms. The summed E-state index contributed by atoms with van der Waals surface area (Å²) in [5, 5.41) is 7.89. The fourth-order valence-corrected chi connectivity index (χ4v) is 3.12. The highest BCUT2D eigenvalue weighted by molar-refractivity contribution is 5.76. The van der Waals surface area contributed by atoms with Crippen LogP contribution in [0.2, 0.25) is 0 Å².